The fourth-order valence-corrected chi connectivity index (χ4v) is 3.08. The van der Waals surface area contributed by atoms with Gasteiger partial charge in [-0.3, -0.25) is 4.98 Å². The minimum absolute atomic E-state index is 0.564. The molecule has 0 aliphatic rings. The molecule has 0 spiro atoms. The minimum Gasteiger partial charge on any atom is -0.437 e. The van der Waals surface area contributed by atoms with E-state index < -0.39 is 0 Å². The molecule has 0 saturated carbocycles. The van der Waals surface area contributed by atoms with E-state index >= 15 is 0 Å². The van der Waals surface area contributed by atoms with Crippen molar-refractivity contribution in [2.75, 3.05) is 0 Å². The summed E-state index contributed by atoms with van der Waals surface area (Å²) in [5, 5.41) is 4.79. The molecule has 28 heavy (non-hydrogen) atoms. The average Bonchev–Trinajstić information content (AvgIpc) is 3.37. The van der Waals surface area contributed by atoms with Gasteiger partial charge in [-0.2, -0.15) is 5.10 Å². The largest absolute Gasteiger partial charge is 0.437 e. The normalized spacial score (nSPS) is 11.4. The van der Waals surface area contributed by atoms with Crippen LogP contribution in [0.5, 0.6) is 0 Å². The fraction of sp³-hybridized carbons (Fsp3) is 0. The zero-order chi connectivity index (χ0) is 18.8. The highest BCUT2D eigenvalue weighted by atomic mass is 16.3. The van der Waals surface area contributed by atoms with Crippen LogP contribution in [0.3, 0.4) is 0 Å². The van der Waals surface area contributed by atoms with Gasteiger partial charge in [0.1, 0.15) is 11.2 Å². The Bertz CT molecular complexity index is 1220. The number of aromatic nitrogens is 4. The molecule has 5 nitrogen and oxygen atoms in total. The van der Waals surface area contributed by atoms with Crippen molar-refractivity contribution in [3.05, 3.63) is 96.8 Å². The summed E-state index contributed by atoms with van der Waals surface area (Å²) in [4.78, 5) is 8.61. The quantitative estimate of drug-likeness (QED) is 0.437. The standard InChI is InChI=1S/C23H16N4O/c1-2-6-19(7-3-1)27-16-18(23(26-27)17-12-14-24-15-13-17)10-11-22-25-20-8-4-5-9-21(20)28-22/h1-16H/b11-10+. The lowest BCUT2D eigenvalue weighted by atomic mass is 10.1. The van der Waals surface area contributed by atoms with Crippen LogP contribution in [-0.4, -0.2) is 19.7 Å². The van der Waals surface area contributed by atoms with Crippen molar-refractivity contribution in [3.63, 3.8) is 0 Å². The molecule has 0 radical (unpaired) electrons. The maximum Gasteiger partial charge on any atom is 0.220 e. The number of hydrogen-bond donors (Lipinski definition) is 0. The Balaban J connectivity index is 1.58. The van der Waals surface area contributed by atoms with Crippen molar-refractivity contribution in [1.82, 2.24) is 19.7 Å². The van der Waals surface area contributed by atoms with Crippen molar-refractivity contribution in [1.29, 1.82) is 0 Å². The first-order valence-corrected chi connectivity index (χ1v) is 8.96. The maximum atomic E-state index is 5.79. The first-order chi connectivity index (χ1) is 13.9. The third kappa shape index (κ3) is 3.10. The van der Waals surface area contributed by atoms with Crippen LogP contribution in [0.25, 0.3) is 40.2 Å². The lowest BCUT2D eigenvalue weighted by Gasteiger charge is -2.00. The number of pyridine rings is 1. The second kappa shape index (κ2) is 6.96. The van der Waals surface area contributed by atoms with E-state index in [4.69, 9.17) is 9.52 Å². The molecule has 0 aliphatic heterocycles. The van der Waals surface area contributed by atoms with Crippen LogP contribution in [0.1, 0.15) is 11.5 Å². The van der Waals surface area contributed by atoms with Gasteiger partial charge in [0.25, 0.3) is 0 Å². The molecule has 3 heterocycles. The lowest BCUT2D eigenvalue weighted by molar-refractivity contribution is 0.590. The molecule has 0 N–H and O–H groups in total. The van der Waals surface area contributed by atoms with Gasteiger partial charge in [0.15, 0.2) is 5.58 Å². The summed E-state index contributed by atoms with van der Waals surface area (Å²) >= 11 is 0. The Labute approximate surface area is 161 Å². The number of benzene rings is 2. The number of rotatable bonds is 4. The topological polar surface area (TPSA) is 56.7 Å². The van der Waals surface area contributed by atoms with Crippen molar-refractivity contribution in [2.45, 2.75) is 0 Å². The Morgan fingerprint density at radius 3 is 2.43 bits per heavy atom. The molecule has 5 aromatic rings. The molecule has 0 unspecified atom stereocenters. The van der Waals surface area contributed by atoms with Crippen LogP contribution >= 0.6 is 0 Å². The summed E-state index contributed by atoms with van der Waals surface area (Å²) in [6.07, 6.45) is 9.39. The highest BCUT2D eigenvalue weighted by Gasteiger charge is 2.11. The average molecular weight is 364 g/mol. The SMILES string of the molecule is C(=C\c1cn(-c2ccccc2)nc1-c1ccncc1)/c1nc2ccccc2o1. The number of hydrogen-bond acceptors (Lipinski definition) is 4. The van der Waals surface area contributed by atoms with Crippen LogP contribution in [0.15, 0.2) is 89.7 Å². The van der Waals surface area contributed by atoms with E-state index in [2.05, 4.69) is 9.97 Å². The number of para-hydroxylation sites is 3. The van der Waals surface area contributed by atoms with Crippen molar-refractivity contribution >= 4 is 23.3 Å². The Morgan fingerprint density at radius 2 is 1.61 bits per heavy atom. The summed E-state index contributed by atoms with van der Waals surface area (Å²) < 4.78 is 7.67. The molecule has 134 valence electrons. The third-order valence-corrected chi connectivity index (χ3v) is 4.43. The van der Waals surface area contributed by atoms with Crippen LogP contribution in [0, 0.1) is 0 Å². The molecule has 0 amide bonds. The van der Waals surface area contributed by atoms with E-state index in [-0.39, 0.29) is 0 Å². The molecule has 0 saturated heterocycles. The summed E-state index contributed by atoms with van der Waals surface area (Å²) in [5.41, 5.74) is 5.46. The van der Waals surface area contributed by atoms with Gasteiger partial charge in [0, 0.05) is 35.8 Å². The van der Waals surface area contributed by atoms with Gasteiger partial charge in [0.05, 0.1) is 5.69 Å². The number of oxazole rings is 1. The van der Waals surface area contributed by atoms with Crippen LogP contribution in [-0.2, 0) is 0 Å². The Hall–Kier alpha value is -3.99. The highest BCUT2D eigenvalue weighted by molar-refractivity contribution is 5.79. The maximum absolute atomic E-state index is 5.79. The highest BCUT2D eigenvalue weighted by Crippen LogP contribution is 2.25. The third-order valence-electron chi connectivity index (χ3n) is 4.43. The summed E-state index contributed by atoms with van der Waals surface area (Å²) in [6.45, 7) is 0. The van der Waals surface area contributed by atoms with E-state index in [1.807, 2.05) is 89.8 Å². The molecule has 0 fully saturated rings. The zero-order valence-corrected chi connectivity index (χ0v) is 14.9. The predicted molar refractivity (Wildman–Crippen MR) is 110 cm³/mol. The second-order valence-electron chi connectivity index (χ2n) is 6.30. The smallest absolute Gasteiger partial charge is 0.220 e. The summed E-state index contributed by atoms with van der Waals surface area (Å²) in [5.74, 6) is 0.564. The van der Waals surface area contributed by atoms with Crippen molar-refractivity contribution in [3.8, 4) is 16.9 Å². The lowest BCUT2D eigenvalue weighted by Crippen LogP contribution is -1.93. The van der Waals surface area contributed by atoms with Gasteiger partial charge in [-0.25, -0.2) is 9.67 Å². The summed E-state index contributed by atoms with van der Waals surface area (Å²) in [7, 11) is 0. The minimum atomic E-state index is 0.564. The van der Waals surface area contributed by atoms with E-state index in [9.17, 15) is 0 Å². The fourth-order valence-electron chi connectivity index (χ4n) is 3.08. The summed E-state index contributed by atoms with van der Waals surface area (Å²) in [6, 6.07) is 21.7. The van der Waals surface area contributed by atoms with Gasteiger partial charge >= 0.3 is 0 Å². The molecular weight excluding hydrogens is 348 g/mol. The van der Waals surface area contributed by atoms with E-state index in [1.165, 1.54) is 0 Å². The van der Waals surface area contributed by atoms with Gasteiger partial charge < -0.3 is 4.42 Å². The van der Waals surface area contributed by atoms with Crippen LogP contribution in [0.4, 0.5) is 0 Å². The number of fused-ring (bicyclic) bond motifs is 1. The Kier molecular flexibility index (Phi) is 4.03. The molecule has 2 aromatic carbocycles. The predicted octanol–water partition coefficient (Wildman–Crippen LogP) is 5.25. The van der Waals surface area contributed by atoms with Crippen molar-refractivity contribution < 1.29 is 4.42 Å². The molecule has 3 aromatic heterocycles. The van der Waals surface area contributed by atoms with Gasteiger partial charge in [-0.1, -0.05) is 30.3 Å². The second-order valence-corrected chi connectivity index (χ2v) is 6.30. The monoisotopic (exact) mass is 364 g/mol. The molecular formula is C23H16N4O. The molecule has 0 aliphatic carbocycles. The zero-order valence-electron chi connectivity index (χ0n) is 14.9. The molecule has 5 heteroatoms. The van der Waals surface area contributed by atoms with Crippen LogP contribution < -0.4 is 0 Å². The molecule has 0 atom stereocenters. The van der Waals surface area contributed by atoms with E-state index in [1.54, 1.807) is 12.4 Å². The first kappa shape index (κ1) is 16.2. The van der Waals surface area contributed by atoms with Crippen LogP contribution in [0.2, 0.25) is 0 Å². The number of nitrogens with zero attached hydrogens (tertiary/aromatic N) is 4. The van der Waals surface area contributed by atoms with Gasteiger partial charge in [-0.15, -0.1) is 0 Å². The van der Waals surface area contributed by atoms with E-state index in [0.717, 1.165) is 33.6 Å². The molecule has 5 rings (SSSR count). The van der Waals surface area contributed by atoms with Gasteiger partial charge in [-0.05, 0) is 42.5 Å². The Morgan fingerprint density at radius 1 is 0.821 bits per heavy atom. The van der Waals surface area contributed by atoms with Gasteiger partial charge in [0.2, 0.25) is 5.89 Å². The first-order valence-electron chi connectivity index (χ1n) is 8.96. The van der Waals surface area contributed by atoms with E-state index in [0.29, 0.717) is 5.89 Å². The van der Waals surface area contributed by atoms with Crippen molar-refractivity contribution in [2.24, 2.45) is 0 Å². The molecule has 0 bridgehead atoms.